The van der Waals surface area contributed by atoms with Gasteiger partial charge in [0.25, 0.3) is 0 Å². The van der Waals surface area contributed by atoms with Gasteiger partial charge in [-0.15, -0.1) is 24.0 Å². The second-order valence-corrected chi connectivity index (χ2v) is 1.02. The third-order valence-electron chi connectivity index (χ3n) is 0.566. The van der Waals surface area contributed by atoms with Crippen molar-refractivity contribution in [2.45, 2.75) is 0 Å². The van der Waals surface area contributed by atoms with Gasteiger partial charge < -0.3 is 5.11 Å². The van der Waals surface area contributed by atoms with E-state index in [1.165, 1.54) is 0 Å². The summed E-state index contributed by atoms with van der Waals surface area (Å²) in [6, 6.07) is 5.72. The molecule has 0 aliphatic carbocycles. The molecular weight excluding hydrogens is 229 g/mol. The Morgan fingerprint density at radius 2 is 1.44 bits per heavy atom. The minimum absolute atomic E-state index is 0. The van der Waals surface area contributed by atoms with Crippen LogP contribution in [-0.4, -0.2) is 17.2 Å². The SMILES string of the molecule is CO.I.c1ccncc1. The minimum atomic E-state index is 0. The zero-order valence-corrected chi connectivity index (χ0v) is 7.52. The summed E-state index contributed by atoms with van der Waals surface area (Å²) in [5, 5.41) is 7.00. The molecule has 1 aromatic heterocycles. The number of rotatable bonds is 0. The number of halogens is 1. The molecule has 0 saturated carbocycles. The molecule has 0 aromatic carbocycles. The zero-order valence-electron chi connectivity index (χ0n) is 5.19. The molecule has 0 saturated heterocycles. The van der Waals surface area contributed by atoms with Crippen molar-refractivity contribution in [3.05, 3.63) is 30.6 Å². The van der Waals surface area contributed by atoms with Crippen molar-refractivity contribution in [1.29, 1.82) is 0 Å². The molecule has 52 valence electrons. The average Bonchev–Trinajstić information content (AvgIpc) is 1.96. The molecule has 3 heteroatoms. The lowest BCUT2D eigenvalue weighted by Gasteiger charge is -1.70. The summed E-state index contributed by atoms with van der Waals surface area (Å²) in [6.45, 7) is 0. The van der Waals surface area contributed by atoms with Crippen LogP contribution < -0.4 is 0 Å². The lowest BCUT2D eigenvalue weighted by molar-refractivity contribution is 0.399. The van der Waals surface area contributed by atoms with E-state index in [9.17, 15) is 0 Å². The van der Waals surface area contributed by atoms with Crippen LogP contribution in [-0.2, 0) is 0 Å². The monoisotopic (exact) mass is 239 g/mol. The fraction of sp³-hybridized carbons (Fsp3) is 0.167. The summed E-state index contributed by atoms with van der Waals surface area (Å²) in [5.41, 5.74) is 0. The van der Waals surface area contributed by atoms with Crippen LogP contribution in [0.1, 0.15) is 0 Å². The fourth-order valence-electron chi connectivity index (χ4n) is 0.313. The molecule has 2 nitrogen and oxygen atoms in total. The molecule has 0 spiro atoms. The van der Waals surface area contributed by atoms with Crippen LogP contribution in [0.2, 0.25) is 0 Å². The molecule has 1 aromatic rings. The maximum absolute atomic E-state index is 7.00. The van der Waals surface area contributed by atoms with E-state index in [0.29, 0.717) is 0 Å². The Hall–Kier alpha value is -0.160. The summed E-state index contributed by atoms with van der Waals surface area (Å²) in [7, 11) is 1.00. The highest BCUT2D eigenvalue weighted by Crippen LogP contribution is 1.73. The molecule has 1 N–H and O–H groups in total. The molecule has 0 aliphatic heterocycles. The highest BCUT2D eigenvalue weighted by atomic mass is 127. The van der Waals surface area contributed by atoms with Crippen molar-refractivity contribution in [2.24, 2.45) is 0 Å². The van der Waals surface area contributed by atoms with Crippen LogP contribution in [0.25, 0.3) is 0 Å². The summed E-state index contributed by atoms with van der Waals surface area (Å²) in [5.74, 6) is 0. The van der Waals surface area contributed by atoms with E-state index in [1.54, 1.807) is 12.4 Å². The smallest absolute Gasteiger partial charge is 0.0319 e. The predicted molar refractivity (Wildman–Crippen MR) is 47.8 cm³/mol. The lowest BCUT2D eigenvalue weighted by atomic mass is 10.5. The first kappa shape index (κ1) is 11.6. The minimum Gasteiger partial charge on any atom is -0.400 e. The molecule has 0 amide bonds. The number of aliphatic hydroxyl groups excluding tert-OH is 1. The Bertz CT molecular complexity index is 85.0. The van der Waals surface area contributed by atoms with Gasteiger partial charge in [-0.05, 0) is 12.1 Å². The third kappa shape index (κ3) is 7.84. The highest BCUT2D eigenvalue weighted by Gasteiger charge is 1.58. The Morgan fingerprint density at radius 3 is 1.56 bits per heavy atom. The van der Waals surface area contributed by atoms with E-state index < -0.39 is 0 Å². The topological polar surface area (TPSA) is 33.1 Å². The number of hydrogen-bond acceptors (Lipinski definition) is 2. The van der Waals surface area contributed by atoms with Gasteiger partial charge in [-0.1, -0.05) is 6.07 Å². The van der Waals surface area contributed by atoms with E-state index in [0.717, 1.165) is 7.11 Å². The molecule has 0 atom stereocenters. The Kier molecular flexibility index (Phi) is 13.9. The van der Waals surface area contributed by atoms with Crippen LogP contribution in [0.15, 0.2) is 30.6 Å². The Morgan fingerprint density at radius 1 is 1.00 bits per heavy atom. The number of aliphatic hydroxyl groups is 1. The van der Waals surface area contributed by atoms with Gasteiger partial charge in [0.2, 0.25) is 0 Å². The molecule has 0 bridgehead atoms. The van der Waals surface area contributed by atoms with Gasteiger partial charge in [0, 0.05) is 19.5 Å². The van der Waals surface area contributed by atoms with Crippen LogP contribution in [0.5, 0.6) is 0 Å². The first-order valence-electron chi connectivity index (χ1n) is 2.30. The number of hydrogen-bond donors (Lipinski definition) is 1. The quantitative estimate of drug-likeness (QED) is 0.692. The largest absolute Gasteiger partial charge is 0.400 e. The third-order valence-corrected chi connectivity index (χ3v) is 0.566. The number of aromatic nitrogens is 1. The Balaban J connectivity index is 0. The predicted octanol–water partition coefficient (Wildman–Crippen LogP) is 1.31. The summed E-state index contributed by atoms with van der Waals surface area (Å²) in [4.78, 5) is 3.78. The van der Waals surface area contributed by atoms with Crippen molar-refractivity contribution in [2.75, 3.05) is 7.11 Å². The van der Waals surface area contributed by atoms with Gasteiger partial charge in [-0.25, -0.2) is 0 Å². The average molecular weight is 239 g/mol. The Labute approximate surface area is 72.0 Å². The van der Waals surface area contributed by atoms with E-state index in [2.05, 4.69) is 4.98 Å². The van der Waals surface area contributed by atoms with Crippen LogP contribution in [0.3, 0.4) is 0 Å². The number of pyridine rings is 1. The van der Waals surface area contributed by atoms with E-state index >= 15 is 0 Å². The van der Waals surface area contributed by atoms with E-state index in [4.69, 9.17) is 5.11 Å². The molecule has 1 rings (SSSR count). The van der Waals surface area contributed by atoms with Crippen LogP contribution in [0.4, 0.5) is 0 Å². The maximum atomic E-state index is 7.00. The lowest BCUT2D eigenvalue weighted by Crippen LogP contribution is -1.58. The first-order valence-corrected chi connectivity index (χ1v) is 2.30. The molecule has 1 heterocycles. The summed E-state index contributed by atoms with van der Waals surface area (Å²) in [6.07, 6.45) is 3.50. The first-order chi connectivity index (χ1) is 4.00. The maximum Gasteiger partial charge on any atom is 0.0319 e. The summed E-state index contributed by atoms with van der Waals surface area (Å²) < 4.78 is 0. The molecule has 0 unspecified atom stereocenters. The van der Waals surface area contributed by atoms with Crippen molar-refractivity contribution < 1.29 is 5.11 Å². The fourth-order valence-corrected chi connectivity index (χ4v) is 0.313. The number of nitrogens with zero attached hydrogens (tertiary/aromatic N) is 1. The molecule has 0 radical (unpaired) electrons. The molecule has 9 heavy (non-hydrogen) atoms. The second kappa shape index (κ2) is 10.8. The van der Waals surface area contributed by atoms with Crippen molar-refractivity contribution in [3.8, 4) is 0 Å². The molecule has 0 aliphatic rings. The van der Waals surface area contributed by atoms with Gasteiger partial charge in [0.05, 0.1) is 0 Å². The van der Waals surface area contributed by atoms with Crippen molar-refractivity contribution in [1.82, 2.24) is 4.98 Å². The van der Waals surface area contributed by atoms with Gasteiger partial charge in [0.15, 0.2) is 0 Å². The van der Waals surface area contributed by atoms with Gasteiger partial charge in [-0.2, -0.15) is 0 Å². The standard InChI is InChI=1S/C5H5N.CH4O.HI/c1-2-4-6-5-3-1;1-2;/h1-5H;2H,1H3;1H. The normalized spacial score (nSPS) is 6.00. The molecular formula is C6H10INO. The van der Waals surface area contributed by atoms with Gasteiger partial charge in [-0.3, -0.25) is 4.98 Å². The zero-order chi connectivity index (χ0) is 6.24. The van der Waals surface area contributed by atoms with Crippen molar-refractivity contribution in [3.63, 3.8) is 0 Å². The van der Waals surface area contributed by atoms with Crippen LogP contribution >= 0.6 is 24.0 Å². The summed E-state index contributed by atoms with van der Waals surface area (Å²) >= 11 is 0. The van der Waals surface area contributed by atoms with Gasteiger partial charge in [0.1, 0.15) is 0 Å². The molecule has 0 fully saturated rings. The second-order valence-electron chi connectivity index (χ2n) is 1.02. The highest BCUT2D eigenvalue weighted by molar-refractivity contribution is 14.0. The van der Waals surface area contributed by atoms with E-state index in [-0.39, 0.29) is 24.0 Å². The van der Waals surface area contributed by atoms with Gasteiger partial charge >= 0.3 is 0 Å². The van der Waals surface area contributed by atoms with Crippen LogP contribution in [0, 0.1) is 0 Å². The van der Waals surface area contributed by atoms with Crippen molar-refractivity contribution >= 4 is 24.0 Å². The van der Waals surface area contributed by atoms with E-state index in [1.807, 2.05) is 18.2 Å².